The van der Waals surface area contributed by atoms with E-state index in [9.17, 15) is 4.79 Å². The third-order valence-electron chi connectivity index (χ3n) is 5.94. The molecule has 2 heterocycles. The summed E-state index contributed by atoms with van der Waals surface area (Å²) in [5, 5.41) is 1.09. The SMILES string of the molecule is CC(c1ccccc1)N(Cc1ccc2ccccc2n1)C(=O)c1cccc2c1OCC2. The van der Waals surface area contributed by atoms with Crippen molar-refractivity contribution in [1.29, 1.82) is 0 Å². The number of nitrogens with zero attached hydrogens (tertiary/aromatic N) is 2. The lowest BCUT2D eigenvalue weighted by Crippen LogP contribution is -2.33. The summed E-state index contributed by atoms with van der Waals surface area (Å²) in [6.45, 7) is 3.11. The molecule has 0 fully saturated rings. The number of ether oxygens (including phenoxy) is 1. The van der Waals surface area contributed by atoms with Crippen LogP contribution >= 0.6 is 0 Å². The third-order valence-corrected chi connectivity index (χ3v) is 5.94. The number of hydrogen-bond acceptors (Lipinski definition) is 3. The minimum Gasteiger partial charge on any atom is -0.492 e. The smallest absolute Gasteiger partial charge is 0.258 e. The summed E-state index contributed by atoms with van der Waals surface area (Å²) >= 11 is 0. The van der Waals surface area contributed by atoms with Gasteiger partial charge in [0.2, 0.25) is 0 Å². The van der Waals surface area contributed by atoms with Crippen LogP contribution in [0, 0.1) is 0 Å². The molecule has 0 aliphatic carbocycles. The number of para-hydroxylation sites is 2. The number of pyridine rings is 1. The van der Waals surface area contributed by atoms with Gasteiger partial charge in [-0.3, -0.25) is 9.78 Å². The monoisotopic (exact) mass is 408 g/mol. The van der Waals surface area contributed by atoms with Crippen LogP contribution in [0.3, 0.4) is 0 Å². The first kappa shape index (κ1) is 19.3. The van der Waals surface area contributed by atoms with E-state index in [1.165, 1.54) is 0 Å². The largest absolute Gasteiger partial charge is 0.492 e. The zero-order valence-corrected chi connectivity index (χ0v) is 17.5. The molecule has 0 N–H and O–H groups in total. The van der Waals surface area contributed by atoms with Crippen molar-refractivity contribution in [2.75, 3.05) is 6.61 Å². The minimum absolute atomic E-state index is 0.0370. The second-order valence-corrected chi connectivity index (χ2v) is 7.91. The average molecular weight is 409 g/mol. The molecule has 3 aromatic carbocycles. The van der Waals surface area contributed by atoms with E-state index < -0.39 is 0 Å². The molecule has 0 spiro atoms. The number of hydrogen-bond donors (Lipinski definition) is 0. The molecule has 1 aliphatic heterocycles. The molecule has 0 saturated carbocycles. The van der Waals surface area contributed by atoms with E-state index in [2.05, 4.69) is 25.1 Å². The lowest BCUT2D eigenvalue weighted by molar-refractivity contribution is 0.0668. The van der Waals surface area contributed by atoms with Gasteiger partial charge in [-0.2, -0.15) is 0 Å². The molecular formula is C27H24N2O2. The molecule has 1 unspecified atom stereocenters. The van der Waals surface area contributed by atoms with Crippen LogP contribution in [0.5, 0.6) is 5.75 Å². The summed E-state index contributed by atoms with van der Waals surface area (Å²) in [6.07, 6.45) is 0.844. The van der Waals surface area contributed by atoms with Crippen molar-refractivity contribution in [3.05, 3.63) is 107 Å². The average Bonchev–Trinajstić information content (AvgIpc) is 3.31. The number of carbonyl (C=O) groups excluding carboxylic acids is 1. The van der Waals surface area contributed by atoms with Crippen LogP contribution in [0.15, 0.2) is 84.9 Å². The van der Waals surface area contributed by atoms with Crippen molar-refractivity contribution in [1.82, 2.24) is 9.88 Å². The quantitative estimate of drug-likeness (QED) is 0.433. The third kappa shape index (κ3) is 3.77. The Balaban J connectivity index is 1.54. The fourth-order valence-corrected chi connectivity index (χ4v) is 4.21. The van der Waals surface area contributed by atoms with Crippen molar-refractivity contribution in [2.45, 2.75) is 25.9 Å². The Morgan fingerprint density at radius 3 is 2.65 bits per heavy atom. The number of carbonyl (C=O) groups is 1. The van der Waals surface area contributed by atoms with E-state index in [-0.39, 0.29) is 11.9 Å². The van der Waals surface area contributed by atoms with Crippen LogP contribution in [0.25, 0.3) is 10.9 Å². The number of benzene rings is 3. The molecule has 31 heavy (non-hydrogen) atoms. The van der Waals surface area contributed by atoms with Crippen LogP contribution in [-0.2, 0) is 13.0 Å². The number of aromatic nitrogens is 1. The van der Waals surface area contributed by atoms with E-state index in [4.69, 9.17) is 9.72 Å². The molecule has 1 amide bonds. The summed E-state index contributed by atoms with van der Waals surface area (Å²) in [4.78, 5) is 20.5. The van der Waals surface area contributed by atoms with Crippen molar-refractivity contribution in [3.63, 3.8) is 0 Å². The van der Waals surface area contributed by atoms with Gasteiger partial charge in [0.1, 0.15) is 5.75 Å². The predicted octanol–water partition coefficient (Wildman–Crippen LogP) is 5.57. The Morgan fingerprint density at radius 2 is 1.77 bits per heavy atom. The second-order valence-electron chi connectivity index (χ2n) is 7.91. The summed E-state index contributed by atoms with van der Waals surface area (Å²) in [5.41, 5.74) is 4.61. The number of amides is 1. The minimum atomic E-state index is -0.112. The van der Waals surface area contributed by atoms with Gasteiger partial charge in [-0.05, 0) is 36.2 Å². The van der Waals surface area contributed by atoms with Crippen LogP contribution in [0.1, 0.15) is 40.1 Å². The van der Waals surface area contributed by atoms with Gasteiger partial charge in [-0.15, -0.1) is 0 Å². The van der Waals surface area contributed by atoms with Crippen molar-refractivity contribution >= 4 is 16.8 Å². The highest BCUT2D eigenvalue weighted by molar-refractivity contribution is 5.97. The normalized spacial score (nSPS) is 13.5. The first-order valence-corrected chi connectivity index (χ1v) is 10.7. The molecule has 0 bridgehead atoms. The predicted molar refractivity (Wildman–Crippen MR) is 122 cm³/mol. The fraction of sp³-hybridized carbons (Fsp3) is 0.185. The zero-order chi connectivity index (χ0) is 21.2. The highest BCUT2D eigenvalue weighted by Gasteiger charge is 2.28. The van der Waals surface area contributed by atoms with E-state index in [1.54, 1.807) is 0 Å². The van der Waals surface area contributed by atoms with Gasteiger partial charge in [0.05, 0.1) is 36.0 Å². The standard InChI is InChI=1S/C27H24N2O2/c1-19(20-8-3-2-4-9-20)29(18-23-15-14-21-10-5-6-13-25(21)28-23)27(30)24-12-7-11-22-16-17-31-26(22)24/h2-15,19H,16-18H2,1H3. The van der Waals surface area contributed by atoms with Crippen LogP contribution < -0.4 is 4.74 Å². The van der Waals surface area contributed by atoms with Gasteiger partial charge in [0.25, 0.3) is 5.91 Å². The second kappa shape index (κ2) is 8.23. The molecule has 4 heteroatoms. The molecule has 0 radical (unpaired) electrons. The first-order valence-electron chi connectivity index (χ1n) is 10.7. The van der Waals surface area contributed by atoms with Crippen molar-refractivity contribution in [2.24, 2.45) is 0 Å². The Morgan fingerprint density at radius 1 is 0.968 bits per heavy atom. The molecule has 0 saturated heterocycles. The van der Waals surface area contributed by atoms with E-state index in [0.29, 0.717) is 18.7 Å². The van der Waals surface area contributed by atoms with Gasteiger partial charge in [0, 0.05) is 11.8 Å². The highest BCUT2D eigenvalue weighted by Crippen LogP contribution is 2.33. The molecule has 1 atom stereocenters. The van der Waals surface area contributed by atoms with E-state index in [1.807, 2.05) is 71.6 Å². The summed E-state index contributed by atoms with van der Waals surface area (Å²) in [5.74, 6) is 0.689. The molecule has 5 rings (SSSR count). The lowest BCUT2D eigenvalue weighted by Gasteiger charge is -2.30. The van der Waals surface area contributed by atoms with Crippen molar-refractivity contribution < 1.29 is 9.53 Å². The van der Waals surface area contributed by atoms with Gasteiger partial charge in [-0.1, -0.05) is 66.7 Å². The summed E-state index contributed by atoms with van der Waals surface area (Å²) in [7, 11) is 0. The zero-order valence-electron chi connectivity index (χ0n) is 17.5. The van der Waals surface area contributed by atoms with Crippen LogP contribution in [0.4, 0.5) is 0 Å². The van der Waals surface area contributed by atoms with Crippen LogP contribution in [0.2, 0.25) is 0 Å². The molecule has 4 nitrogen and oxygen atoms in total. The molecule has 1 aliphatic rings. The Hall–Kier alpha value is -3.66. The maximum absolute atomic E-state index is 13.8. The van der Waals surface area contributed by atoms with E-state index >= 15 is 0 Å². The maximum Gasteiger partial charge on any atom is 0.258 e. The number of rotatable bonds is 5. The van der Waals surface area contributed by atoms with Gasteiger partial charge >= 0.3 is 0 Å². The first-order chi connectivity index (χ1) is 15.2. The molecule has 154 valence electrons. The number of fused-ring (bicyclic) bond motifs is 2. The van der Waals surface area contributed by atoms with Gasteiger partial charge in [0.15, 0.2) is 0 Å². The van der Waals surface area contributed by atoms with Crippen molar-refractivity contribution in [3.8, 4) is 5.75 Å². The maximum atomic E-state index is 13.8. The summed E-state index contributed by atoms with van der Waals surface area (Å²) in [6, 6.07) is 28.0. The van der Waals surface area contributed by atoms with Gasteiger partial charge in [-0.25, -0.2) is 0 Å². The summed E-state index contributed by atoms with van der Waals surface area (Å²) < 4.78 is 5.83. The Kier molecular flexibility index (Phi) is 5.13. The lowest BCUT2D eigenvalue weighted by atomic mass is 10.0. The fourth-order valence-electron chi connectivity index (χ4n) is 4.21. The molecular weight excluding hydrogens is 384 g/mol. The Bertz CT molecular complexity index is 1240. The highest BCUT2D eigenvalue weighted by atomic mass is 16.5. The topological polar surface area (TPSA) is 42.4 Å². The molecule has 1 aromatic heterocycles. The Labute approximate surface area is 182 Å². The van der Waals surface area contributed by atoms with E-state index in [0.717, 1.165) is 39.9 Å². The molecule has 4 aromatic rings. The van der Waals surface area contributed by atoms with Crippen LogP contribution in [-0.4, -0.2) is 22.4 Å². The van der Waals surface area contributed by atoms with Gasteiger partial charge < -0.3 is 9.64 Å².